The second kappa shape index (κ2) is 5.62. The average Bonchev–Trinajstić information content (AvgIpc) is 3.16. The van der Waals surface area contributed by atoms with Gasteiger partial charge in [-0.25, -0.2) is 9.59 Å². The maximum absolute atomic E-state index is 12.1. The summed E-state index contributed by atoms with van der Waals surface area (Å²) in [5.41, 5.74) is -1.13. The standard InChI is InChI=1S/C15H26N2O3/c1-9-4-7-12(10(2)8-9)16-14(20)17-15(3,13(18)19)11-5-6-11/h9-12H,4-8H2,1-3H3,(H,18,19)(H2,16,17,20). The van der Waals surface area contributed by atoms with Gasteiger partial charge in [0.2, 0.25) is 0 Å². The van der Waals surface area contributed by atoms with E-state index in [1.54, 1.807) is 6.92 Å². The maximum Gasteiger partial charge on any atom is 0.329 e. The molecule has 0 saturated heterocycles. The lowest BCUT2D eigenvalue weighted by Gasteiger charge is -2.34. The van der Waals surface area contributed by atoms with Crippen molar-refractivity contribution in [2.24, 2.45) is 17.8 Å². The number of aliphatic carboxylic acids is 1. The highest BCUT2D eigenvalue weighted by molar-refractivity contribution is 5.86. The van der Waals surface area contributed by atoms with Gasteiger partial charge in [-0.2, -0.15) is 0 Å². The number of carboxylic acid groups (broad SMARTS) is 1. The zero-order valence-electron chi connectivity index (χ0n) is 12.6. The fraction of sp³-hybridized carbons (Fsp3) is 0.867. The van der Waals surface area contributed by atoms with E-state index < -0.39 is 11.5 Å². The Morgan fingerprint density at radius 2 is 1.80 bits per heavy atom. The molecule has 2 aliphatic rings. The molecule has 2 aliphatic carbocycles. The van der Waals surface area contributed by atoms with Gasteiger partial charge in [-0.1, -0.05) is 13.8 Å². The van der Waals surface area contributed by atoms with E-state index in [9.17, 15) is 14.7 Å². The Balaban J connectivity index is 1.90. The molecule has 4 unspecified atom stereocenters. The minimum Gasteiger partial charge on any atom is -0.480 e. The third-order valence-electron chi connectivity index (χ3n) is 4.96. The van der Waals surface area contributed by atoms with Crippen LogP contribution in [0.25, 0.3) is 0 Å². The Labute approximate surface area is 120 Å². The van der Waals surface area contributed by atoms with Gasteiger partial charge in [0.1, 0.15) is 5.54 Å². The summed E-state index contributed by atoms with van der Waals surface area (Å²) in [6.07, 6.45) is 4.96. The summed E-state index contributed by atoms with van der Waals surface area (Å²) >= 11 is 0. The molecule has 20 heavy (non-hydrogen) atoms. The number of hydrogen-bond acceptors (Lipinski definition) is 2. The number of urea groups is 1. The van der Waals surface area contributed by atoms with Gasteiger partial charge in [-0.15, -0.1) is 0 Å². The second-order valence-electron chi connectivity index (χ2n) is 6.88. The lowest BCUT2D eigenvalue weighted by molar-refractivity contribution is -0.144. The van der Waals surface area contributed by atoms with Crippen LogP contribution in [0.3, 0.4) is 0 Å². The number of carbonyl (C=O) groups is 2. The number of amides is 2. The summed E-state index contributed by atoms with van der Waals surface area (Å²) in [6, 6.07) is -0.184. The van der Waals surface area contributed by atoms with Crippen LogP contribution >= 0.6 is 0 Å². The molecule has 2 amide bonds. The summed E-state index contributed by atoms with van der Waals surface area (Å²) in [4.78, 5) is 23.5. The van der Waals surface area contributed by atoms with Crippen LogP contribution in [-0.4, -0.2) is 28.7 Å². The summed E-state index contributed by atoms with van der Waals surface area (Å²) in [6.45, 7) is 6.00. The highest BCUT2D eigenvalue weighted by atomic mass is 16.4. The van der Waals surface area contributed by atoms with Crippen LogP contribution in [0.1, 0.15) is 52.9 Å². The molecule has 0 aromatic carbocycles. The fourth-order valence-electron chi connectivity index (χ4n) is 3.31. The largest absolute Gasteiger partial charge is 0.480 e. The van der Waals surface area contributed by atoms with E-state index in [1.165, 1.54) is 0 Å². The van der Waals surface area contributed by atoms with Gasteiger partial charge in [-0.3, -0.25) is 0 Å². The van der Waals surface area contributed by atoms with E-state index in [1.807, 2.05) is 0 Å². The quantitative estimate of drug-likeness (QED) is 0.740. The van der Waals surface area contributed by atoms with E-state index in [-0.39, 0.29) is 18.0 Å². The first-order valence-electron chi connectivity index (χ1n) is 7.65. The van der Waals surface area contributed by atoms with E-state index in [0.29, 0.717) is 11.8 Å². The van der Waals surface area contributed by atoms with E-state index >= 15 is 0 Å². The molecule has 0 heterocycles. The van der Waals surface area contributed by atoms with Crippen LogP contribution in [0.15, 0.2) is 0 Å². The van der Waals surface area contributed by atoms with Gasteiger partial charge in [-0.05, 0) is 56.8 Å². The molecule has 0 radical (unpaired) electrons. The number of rotatable bonds is 4. The topological polar surface area (TPSA) is 78.4 Å². The predicted molar refractivity (Wildman–Crippen MR) is 76.4 cm³/mol. The van der Waals surface area contributed by atoms with Gasteiger partial charge in [0, 0.05) is 6.04 Å². The lowest BCUT2D eigenvalue weighted by atomic mass is 9.80. The average molecular weight is 282 g/mol. The van der Waals surface area contributed by atoms with Crippen LogP contribution in [0.4, 0.5) is 4.79 Å². The molecule has 2 saturated carbocycles. The van der Waals surface area contributed by atoms with Crippen molar-refractivity contribution in [3.63, 3.8) is 0 Å². The van der Waals surface area contributed by atoms with Crippen molar-refractivity contribution < 1.29 is 14.7 Å². The number of hydrogen-bond donors (Lipinski definition) is 3. The molecule has 5 nitrogen and oxygen atoms in total. The second-order valence-corrected chi connectivity index (χ2v) is 6.88. The van der Waals surface area contributed by atoms with Crippen molar-refractivity contribution >= 4 is 12.0 Å². The molecule has 0 aromatic heterocycles. The van der Waals surface area contributed by atoms with E-state index in [2.05, 4.69) is 24.5 Å². The number of carboxylic acids is 1. The Bertz CT molecular complexity index is 395. The zero-order chi connectivity index (χ0) is 14.9. The highest BCUT2D eigenvalue weighted by Gasteiger charge is 2.48. The first-order valence-corrected chi connectivity index (χ1v) is 7.65. The van der Waals surface area contributed by atoms with Gasteiger partial charge >= 0.3 is 12.0 Å². The normalized spacial score (nSPS) is 33.0. The molecule has 4 atom stereocenters. The lowest BCUT2D eigenvalue weighted by Crippen LogP contribution is -2.58. The minimum atomic E-state index is -1.13. The van der Waals surface area contributed by atoms with Crippen LogP contribution in [0, 0.1) is 17.8 Å². The Kier molecular flexibility index (Phi) is 4.25. The Morgan fingerprint density at radius 3 is 2.30 bits per heavy atom. The van der Waals surface area contributed by atoms with E-state index in [4.69, 9.17) is 0 Å². The predicted octanol–water partition coefficient (Wildman–Crippen LogP) is 2.36. The fourth-order valence-corrected chi connectivity index (χ4v) is 3.31. The summed E-state index contributed by atoms with van der Waals surface area (Å²) in [7, 11) is 0. The molecule has 0 bridgehead atoms. The van der Waals surface area contributed by atoms with Gasteiger partial charge in [0.15, 0.2) is 0 Å². The zero-order valence-corrected chi connectivity index (χ0v) is 12.6. The van der Waals surface area contributed by atoms with Gasteiger partial charge in [0.25, 0.3) is 0 Å². The Morgan fingerprint density at radius 1 is 1.15 bits per heavy atom. The number of nitrogens with one attached hydrogen (secondary N) is 2. The maximum atomic E-state index is 12.1. The molecule has 0 aliphatic heterocycles. The van der Waals surface area contributed by atoms with Crippen LogP contribution in [0.2, 0.25) is 0 Å². The van der Waals surface area contributed by atoms with Crippen molar-refractivity contribution in [1.82, 2.24) is 10.6 Å². The number of carbonyl (C=O) groups excluding carboxylic acids is 1. The molecule has 3 N–H and O–H groups in total. The molecule has 2 fully saturated rings. The monoisotopic (exact) mass is 282 g/mol. The SMILES string of the molecule is CC1CCC(NC(=O)NC(C)(C(=O)O)C2CC2)C(C)C1. The van der Waals surface area contributed by atoms with Crippen molar-refractivity contribution in [2.75, 3.05) is 0 Å². The van der Waals surface area contributed by atoms with Crippen LogP contribution in [-0.2, 0) is 4.79 Å². The Hall–Kier alpha value is -1.26. The van der Waals surface area contributed by atoms with Crippen molar-refractivity contribution in [3.8, 4) is 0 Å². The molecule has 5 heteroatoms. The van der Waals surface area contributed by atoms with Gasteiger partial charge < -0.3 is 15.7 Å². The third-order valence-corrected chi connectivity index (χ3v) is 4.96. The first kappa shape index (κ1) is 15.1. The smallest absolute Gasteiger partial charge is 0.329 e. The first-order chi connectivity index (χ1) is 9.33. The summed E-state index contributed by atoms with van der Waals surface area (Å²) < 4.78 is 0. The minimum absolute atomic E-state index is 0.0644. The molecule has 0 aromatic rings. The molecule has 114 valence electrons. The summed E-state index contributed by atoms with van der Waals surface area (Å²) in [5.74, 6) is 0.276. The van der Waals surface area contributed by atoms with Gasteiger partial charge in [0.05, 0.1) is 0 Å². The van der Waals surface area contributed by atoms with Crippen LogP contribution < -0.4 is 10.6 Å². The van der Waals surface area contributed by atoms with Crippen molar-refractivity contribution in [2.45, 2.75) is 64.5 Å². The molecular formula is C15H26N2O3. The molecular weight excluding hydrogens is 256 g/mol. The van der Waals surface area contributed by atoms with E-state index in [0.717, 1.165) is 32.1 Å². The summed E-state index contributed by atoms with van der Waals surface area (Å²) in [5, 5.41) is 15.0. The van der Waals surface area contributed by atoms with Crippen molar-refractivity contribution in [3.05, 3.63) is 0 Å². The van der Waals surface area contributed by atoms with Crippen molar-refractivity contribution in [1.29, 1.82) is 0 Å². The van der Waals surface area contributed by atoms with Crippen LogP contribution in [0.5, 0.6) is 0 Å². The highest BCUT2D eigenvalue weighted by Crippen LogP contribution is 2.39. The molecule has 0 spiro atoms. The third kappa shape index (κ3) is 3.25. The molecule has 2 rings (SSSR count).